The number of hydrogen-bond donors (Lipinski definition) is 1. The molecule has 11 rings (SSSR count). The summed E-state index contributed by atoms with van der Waals surface area (Å²) in [6.45, 7) is 4.74. The van der Waals surface area contributed by atoms with Crippen molar-refractivity contribution >= 4 is 50.2 Å². The standard InChI is InChI=1S/C48H36N2O/c1-48(2)38-21-9-6-16-30(38)36-28-44-37(26-39(36)48)32-18-8-11-23-42(32)50(44)43-24-12-20-34-46-33(19-13-25-45(46)51-47(34)43)35-27-41(29-14-4-3-5-15-29)49-40-22-10-7-17-31(35)40/h3-10,12-22,24-28,41,49H,11,23H2,1-2H3. The fraction of sp³-hybridized carbons (Fsp3) is 0.125. The Labute approximate surface area is 297 Å². The summed E-state index contributed by atoms with van der Waals surface area (Å²) >= 11 is 0. The first-order valence-electron chi connectivity index (χ1n) is 18.1. The van der Waals surface area contributed by atoms with Crippen LogP contribution in [0.5, 0.6) is 0 Å². The van der Waals surface area contributed by atoms with Gasteiger partial charge in [0.2, 0.25) is 0 Å². The number of allylic oxidation sites excluding steroid dienone is 1. The van der Waals surface area contributed by atoms with Crippen LogP contribution in [0.2, 0.25) is 0 Å². The highest BCUT2D eigenvalue weighted by Crippen LogP contribution is 2.52. The van der Waals surface area contributed by atoms with Gasteiger partial charge in [0.15, 0.2) is 5.58 Å². The van der Waals surface area contributed by atoms with E-state index in [1.165, 1.54) is 66.7 Å². The number of nitrogens with zero attached hydrogens (tertiary/aromatic N) is 1. The average molecular weight is 657 g/mol. The lowest BCUT2D eigenvalue weighted by atomic mass is 9.82. The first-order chi connectivity index (χ1) is 25.1. The zero-order valence-corrected chi connectivity index (χ0v) is 28.7. The van der Waals surface area contributed by atoms with E-state index >= 15 is 0 Å². The van der Waals surface area contributed by atoms with E-state index in [9.17, 15) is 0 Å². The van der Waals surface area contributed by atoms with Gasteiger partial charge >= 0.3 is 0 Å². The molecule has 2 aliphatic carbocycles. The molecule has 0 fully saturated rings. The number of aromatic nitrogens is 1. The van der Waals surface area contributed by atoms with E-state index in [4.69, 9.17) is 4.42 Å². The molecule has 1 unspecified atom stereocenters. The number of para-hydroxylation sites is 2. The van der Waals surface area contributed by atoms with Gasteiger partial charge in [-0.3, -0.25) is 0 Å². The maximum absolute atomic E-state index is 6.98. The topological polar surface area (TPSA) is 30.1 Å². The van der Waals surface area contributed by atoms with E-state index < -0.39 is 0 Å². The molecular weight excluding hydrogens is 621 g/mol. The third-order valence-electron chi connectivity index (χ3n) is 11.7. The molecule has 3 heterocycles. The summed E-state index contributed by atoms with van der Waals surface area (Å²) in [6, 6.07) is 46.5. The molecule has 0 radical (unpaired) electrons. The van der Waals surface area contributed by atoms with Gasteiger partial charge in [-0.2, -0.15) is 0 Å². The lowest BCUT2D eigenvalue weighted by Gasteiger charge is -2.27. The van der Waals surface area contributed by atoms with E-state index in [1.54, 1.807) is 0 Å². The van der Waals surface area contributed by atoms with Crippen LogP contribution in [0.1, 0.15) is 65.4 Å². The second-order valence-corrected chi connectivity index (χ2v) is 14.8. The Morgan fingerprint density at radius 3 is 2.39 bits per heavy atom. The van der Waals surface area contributed by atoms with Gasteiger partial charge in [0.05, 0.1) is 17.2 Å². The molecule has 3 heteroatoms. The fourth-order valence-electron chi connectivity index (χ4n) is 9.30. The molecule has 2 aromatic heterocycles. The van der Waals surface area contributed by atoms with Crippen LogP contribution in [0.15, 0.2) is 144 Å². The SMILES string of the molecule is CC1(C)c2ccccc2-c2cc3c(cc21)c1c(n3-c2cccc3c2oc2cccc(C4=CC(c5ccccc5)Nc5ccccc54)c23)CCC=C1. The number of benzene rings is 6. The second kappa shape index (κ2) is 10.5. The molecule has 0 saturated heterocycles. The molecule has 1 N–H and O–H groups in total. The molecule has 1 aliphatic heterocycles. The van der Waals surface area contributed by atoms with Gasteiger partial charge in [-0.05, 0) is 88.2 Å². The van der Waals surface area contributed by atoms with Crippen molar-refractivity contribution in [2.75, 3.05) is 5.32 Å². The minimum Gasteiger partial charge on any atom is -0.454 e. The summed E-state index contributed by atoms with van der Waals surface area (Å²) in [5.74, 6) is 0. The summed E-state index contributed by atoms with van der Waals surface area (Å²) in [5, 5.41) is 7.40. The number of furan rings is 1. The van der Waals surface area contributed by atoms with Crippen LogP contribution in [-0.4, -0.2) is 4.57 Å². The Bertz CT molecular complexity index is 2810. The highest BCUT2D eigenvalue weighted by atomic mass is 16.3. The van der Waals surface area contributed by atoms with E-state index in [-0.39, 0.29) is 11.5 Å². The van der Waals surface area contributed by atoms with E-state index in [1.807, 2.05) is 0 Å². The van der Waals surface area contributed by atoms with Gasteiger partial charge in [0, 0.05) is 44.1 Å². The lowest BCUT2D eigenvalue weighted by molar-refractivity contribution is 0.661. The van der Waals surface area contributed by atoms with Crippen molar-refractivity contribution in [2.45, 2.75) is 38.1 Å². The predicted molar refractivity (Wildman–Crippen MR) is 212 cm³/mol. The van der Waals surface area contributed by atoms with Crippen molar-refractivity contribution in [3.63, 3.8) is 0 Å². The molecule has 0 amide bonds. The maximum Gasteiger partial charge on any atom is 0.159 e. The summed E-state index contributed by atoms with van der Waals surface area (Å²) in [6.07, 6.45) is 9.09. The van der Waals surface area contributed by atoms with Crippen molar-refractivity contribution in [1.82, 2.24) is 4.57 Å². The monoisotopic (exact) mass is 656 g/mol. The van der Waals surface area contributed by atoms with Gasteiger partial charge in [0.25, 0.3) is 0 Å². The smallest absolute Gasteiger partial charge is 0.159 e. The summed E-state index contributed by atoms with van der Waals surface area (Å²) in [5.41, 5.74) is 18.3. The number of hydrogen-bond acceptors (Lipinski definition) is 2. The minimum atomic E-state index is -0.0515. The van der Waals surface area contributed by atoms with E-state index in [2.05, 4.69) is 169 Å². The van der Waals surface area contributed by atoms with Crippen molar-refractivity contribution in [3.05, 3.63) is 179 Å². The molecule has 0 spiro atoms. The highest BCUT2D eigenvalue weighted by molar-refractivity contribution is 6.14. The van der Waals surface area contributed by atoms with Crippen molar-refractivity contribution in [1.29, 1.82) is 0 Å². The Balaban J connectivity index is 1.17. The highest BCUT2D eigenvalue weighted by Gasteiger charge is 2.37. The third-order valence-corrected chi connectivity index (χ3v) is 11.7. The second-order valence-electron chi connectivity index (χ2n) is 14.8. The van der Waals surface area contributed by atoms with Crippen LogP contribution in [0.3, 0.4) is 0 Å². The largest absolute Gasteiger partial charge is 0.454 e. The van der Waals surface area contributed by atoms with Crippen LogP contribution >= 0.6 is 0 Å². The molecule has 0 bridgehead atoms. The number of nitrogens with one attached hydrogen (secondary N) is 1. The summed E-state index contributed by atoms with van der Waals surface area (Å²) < 4.78 is 9.49. The zero-order chi connectivity index (χ0) is 33.8. The minimum absolute atomic E-state index is 0.0515. The summed E-state index contributed by atoms with van der Waals surface area (Å²) in [4.78, 5) is 0. The number of fused-ring (bicyclic) bond motifs is 10. The van der Waals surface area contributed by atoms with Crippen LogP contribution in [0.25, 0.3) is 61.3 Å². The van der Waals surface area contributed by atoms with Gasteiger partial charge in [-0.25, -0.2) is 0 Å². The number of anilines is 1. The lowest BCUT2D eigenvalue weighted by Crippen LogP contribution is -2.15. The Kier molecular flexibility index (Phi) is 5.90. The number of rotatable bonds is 3. The van der Waals surface area contributed by atoms with Crippen molar-refractivity contribution in [2.24, 2.45) is 0 Å². The normalized spacial score (nSPS) is 16.8. The van der Waals surface area contributed by atoms with Crippen molar-refractivity contribution in [3.8, 4) is 16.8 Å². The Morgan fingerprint density at radius 1 is 0.706 bits per heavy atom. The summed E-state index contributed by atoms with van der Waals surface area (Å²) in [7, 11) is 0. The van der Waals surface area contributed by atoms with Crippen LogP contribution in [0, 0.1) is 0 Å². The Morgan fingerprint density at radius 2 is 1.49 bits per heavy atom. The molecule has 244 valence electrons. The van der Waals surface area contributed by atoms with Crippen LogP contribution in [-0.2, 0) is 11.8 Å². The molecule has 8 aromatic rings. The first-order valence-corrected chi connectivity index (χ1v) is 18.1. The van der Waals surface area contributed by atoms with Crippen molar-refractivity contribution < 1.29 is 4.42 Å². The molecule has 0 saturated carbocycles. The predicted octanol–water partition coefficient (Wildman–Crippen LogP) is 12.4. The molecule has 51 heavy (non-hydrogen) atoms. The maximum atomic E-state index is 6.98. The third kappa shape index (κ3) is 4.00. The molecule has 6 aromatic carbocycles. The van der Waals surface area contributed by atoms with Crippen LogP contribution < -0.4 is 5.32 Å². The fourth-order valence-corrected chi connectivity index (χ4v) is 9.30. The molecule has 3 aliphatic rings. The van der Waals surface area contributed by atoms with Gasteiger partial charge in [-0.15, -0.1) is 0 Å². The van der Waals surface area contributed by atoms with Gasteiger partial charge in [-0.1, -0.05) is 123 Å². The Hall–Kier alpha value is -6.06. The quantitative estimate of drug-likeness (QED) is 0.205. The van der Waals surface area contributed by atoms with Gasteiger partial charge < -0.3 is 14.3 Å². The zero-order valence-electron chi connectivity index (χ0n) is 28.7. The molecular formula is C48H36N2O. The van der Waals surface area contributed by atoms with E-state index in [0.29, 0.717) is 0 Å². The van der Waals surface area contributed by atoms with Gasteiger partial charge in [0.1, 0.15) is 5.58 Å². The van der Waals surface area contributed by atoms with E-state index in [0.717, 1.165) is 46.2 Å². The van der Waals surface area contributed by atoms with Crippen LogP contribution in [0.4, 0.5) is 5.69 Å². The average Bonchev–Trinajstić information content (AvgIpc) is 3.80. The molecule has 3 nitrogen and oxygen atoms in total. The first kappa shape index (κ1) is 28.7. The molecule has 1 atom stereocenters.